The summed E-state index contributed by atoms with van der Waals surface area (Å²) in [7, 11) is 1.71. The number of hydrogen-bond acceptors (Lipinski definition) is 4. The van der Waals surface area contributed by atoms with Gasteiger partial charge in [0.25, 0.3) is 5.56 Å². The molecule has 0 spiro atoms. The quantitative estimate of drug-likeness (QED) is 0.763. The minimum Gasteiger partial charge on any atom is -0.506 e. The number of para-hydroxylation sites is 1. The van der Waals surface area contributed by atoms with Crippen LogP contribution in [0.3, 0.4) is 0 Å². The van der Waals surface area contributed by atoms with E-state index in [1.54, 1.807) is 11.6 Å². The van der Waals surface area contributed by atoms with Gasteiger partial charge in [0.2, 0.25) is 0 Å². The van der Waals surface area contributed by atoms with E-state index in [0.717, 1.165) is 5.56 Å². The maximum atomic E-state index is 12.7. The van der Waals surface area contributed by atoms with Crippen molar-refractivity contribution >= 4 is 16.6 Å². The lowest BCUT2D eigenvalue weighted by Crippen LogP contribution is -2.24. The van der Waals surface area contributed by atoms with Crippen molar-refractivity contribution in [3.8, 4) is 5.75 Å². The third kappa shape index (κ3) is 2.17. The average Bonchev–Trinajstić information content (AvgIpc) is 3.10. The number of rotatable bonds is 2. The molecule has 0 saturated carbocycles. The second-order valence-corrected chi connectivity index (χ2v) is 5.96. The molecule has 0 aliphatic carbocycles. The van der Waals surface area contributed by atoms with Crippen LogP contribution in [0.1, 0.15) is 23.6 Å². The molecular formula is C19H17N3O2. The smallest absolute Gasteiger partial charge is 0.263 e. The standard InChI is InChI=1S/C19H17N3O2/c1-22-16-10-6-5-9-13(16)18(23)17(19(22)24)15-11-14(20-21-15)12-7-3-2-4-8-12/h2-10,14,20,23H,11H2,1H3. The van der Waals surface area contributed by atoms with Gasteiger partial charge in [-0.3, -0.25) is 4.79 Å². The van der Waals surface area contributed by atoms with Crippen LogP contribution in [0.15, 0.2) is 64.5 Å². The molecular weight excluding hydrogens is 302 g/mol. The van der Waals surface area contributed by atoms with Crippen LogP contribution in [0.25, 0.3) is 10.9 Å². The number of aromatic nitrogens is 1. The number of nitrogens with zero attached hydrogens (tertiary/aromatic N) is 2. The minimum absolute atomic E-state index is 0.00274. The maximum absolute atomic E-state index is 12.7. The van der Waals surface area contributed by atoms with Crippen molar-refractivity contribution < 1.29 is 5.11 Å². The zero-order valence-corrected chi connectivity index (χ0v) is 13.2. The highest BCUT2D eigenvalue weighted by atomic mass is 16.3. The molecule has 0 saturated heterocycles. The summed E-state index contributed by atoms with van der Waals surface area (Å²) in [5, 5.41) is 15.6. The monoisotopic (exact) mass is 319 g/mol. The van der Waals surface area contributed by atoms with Crippen LogP contribution in [0, 0.1) is 0 Å². The van der Waals surface area contributed by atoms with Crippen molar-refractivity contribution in [2.75, 3.05) is 0 Å². The van der Waals surface area contributed by atoms with E-state index in [4.69, 9.17) is 0 Å². The number of pyridine rings is 1. The third-order valence-corrected chi connectivity index (χ3v) is 4.52. The van der Waals surface area contributed by atoms with E-state index in [0.29, 0.717) is 23.0 Å². The predicted octanol–water partition coefficient (Wildman–Crippen LogP) is 2.68. The highest BCUT2D eigenvalue weighted by Gasteiger charge is 2.26. The van der Waals surface area contributed by atoms with Gasteiger partial charge in [-0.05, 0) is 17.7 Å². The Bertz CT molecular complexity index is 1010. The Labute approximate surface area is 138 Å². The van der Waals surface area contributed by atoms with Crippen LogP contribution in [0.4, 0.5) is 0 Å². The summed E-state index contributed by atoms with van der Waals surface area (Å²) >= 11 is 0. The number of hydrogen-bond donors (Lipinski definition) is 2. The van der Waals surface area contributed by atoms with E-state index >= 15 is 0 Å². The van der Waals surface area contributed by atoms with Crippen LogP contribution in [-0.4, -0.2) is 15.4 Å². The van der Waals surface area contributed by atoms with E-state index in [-0.39, 0.29) is 22.9 Å². The molecule has 2 heterocycles. The largest absolute Gasteiger partial charge is 0.506 e. The van der Waals surface area contributed by atoms with E-state index < -0.39 is 0 Å². The van der Waals surface area contributed by atoms with Crippen molar-refractivity contribution in [3.63, 3.8) is 0 Å². The van der Waals surface area contributed by atoms with E-state index in [1.165, 1.54) is 0 Å². The molecule has 2 aromatic carbocycles. The first-order valence-corrected chi connectivity index (χ1v) is 7.85. The van der Waals surface area contributed by atoms with Crippen LogP contribution in [-0.2, 0) is 7.05 Å². The number of aromatic hydroxyl groups is 1. The molecule has 3 aromatic rings. The molecule has 1 aliphatic rings. The zero-order valence-electron chi connectivity index (χ0n) is 13.2. The number of nitrogens with one attached hydrogen (secondary N) is 1. The first kappa shape index (κ1) is 14.5. The SMILES string of the molecule is Cn1c(=O)c(C2=NNC(c3ccccc3)C2)c(O)c2ccccc21. The van der Waals surface area contributed by atoms with Crippen molar-refractivity contribution in [1.82, 2.24) is 9.99 Å². The Morgan fingerprint density at radius 1 is 1.12 bits per heavy atom. The second-order valence-electron chi connectivity index (χ2n) is 5.96. The van der Waals surface area contributed by atoms with Gasteiger partial charge in [0.1, 0.15) is 11.3 Å². The fourth-order valence-corrected chi connectivity index (χ4v) is 3.22. The van der Waals surface area contributed by atoms with Gasteiger partial charge in [-0.1, -0.05) is 42.5 Å². The van der Waals surface area contributed by atoms with Gasteiger partial charge < -0.3 is 15.1 Å². The fourth-order valence-electron chi connectivity index (χ4n) is 3.22. The van der Waals surface area contributed by atoms with Gasteiger partial charge >= 0.3 is 0 Å². The van der Waals surface area contributed by atoms with Crippen LogP contribution >= 0.6 is 0 Å². The molecule has 0 radical (unpaired) electrons. The molecule has 24 heavy (non-hydrogen) atoms. The summed E-state index contributed by atoms with van der Waals surface area (Å²) in [6.07, 6.45) is 0.561. The van der Waals surface area contributed by atoms with E-state index in [1.807, 2.05) is 54.6 Å². The topological polar surface area (TPSA) is 66.6 Å². The molecule has 5 heteroatoms. The lowest BCUT2D eigenvalue weighted by Gasteiger charge is -2.12. The maximum Gasteiger partial charge on any atom is 0.263 e. The summed E-state index contributed by atoms with van der Waals surface area (Å²) in [5.41, 5.74) is 5.52. The highest BCUT2D eigenvalue weighted by molar-refractivity contribution is 6.07. The molecule has 5 nitrogen and oxygen atoms in total. The number of fused-ring (bicyclic) bond motifs is 1. The van der Waals surface area contributed by atoms with Gasteiger partial charge in [-0.2, -0.15) is 5.10 Å². The Balaban J connectivity index is 1.80. The van der Waals surface area contributed by atoms with Crippen LogP contribution in [0.5, 0.6) is 5.75 Å². The fraction of sp³-hybridized carbons (Fsp3) is 0.158. The van der Waals surface area contributed by atoms with Gasteiger partial charge in [0, 0.05) is 18.9 Å². The Morgan fingerprint density at radius 3 is 2.62 bits per heavy atom. The summed E-state index contributed by atoms with van der Waals surface area (Å²) < 4.78 is 1.56. The molecule has 4 rings (SSSR count). The van der Waals surface area contributed by atoms with Crippen molar-refractivity contribution in [2.24, 2.45) is 12.1 Å². The van der Waals surface area contributed by atoms with Gasteiger partial charge in [-0.15, -0.1) is 0 Å². The normalized spacial score (nSPS) is 16.9. The molecule has 0 bridgehead atoms. The third-order valence-electron chi connectivity index (χ3n) is 4.52. The lowest BCUT2D eigenvalue weighted by molar-refractivity contribution is 0.478. The van der Waals surface area contributed by atoms with Gasteiger partial charge in [-0.25, -0.2) is 0 Å². The van der Waals surface area contributed by atoms with Crippen molar-refractivity contribution in [1.29, 1.82) is 0 Å². The molecule has 0 fully saturated rings. The first-order valence-electron chi connectivity index (χ1n) is 7.85. The molecule has 120 valence electrons. The molecule has 1 atom stereocenters. The number of hydrazone groups is 1. The van der Waals surface area contributed by atoms with E-state index in [2.05, 4.69) is 10.5 Å². The lowest BCUT2D eigenvalue weighted by atomic mass is 9.98. The van der Waals surface area contributed by atoms with Crippen molar-refractivity contribution in [2.45, 2.75) is 12.5 Å². The predicted molar refractivity (Wildman–Crippen MR) is 94.3 cm³/mol. The second kappa shape index (κ2) is 5.53. The van der Waals surface area contributed by atoms with Gasteiger partial charge in [0.05, 0.1) is 17.3 Å². The molecule has 1 unspecified atom stereocenters. The summed E-state index contributed by atoms with van der Waals surface area (Å²) in [5.74, 6) is 0.00274. The zero-order chi connectivity index (χ0) is 16.7. The van der Waals surface area contributed by atoms with Crippen LogP contribution in [0.2, 0.25) is 0 Å². The first-order chi connectivity index (χ1) is 11.7. The summed E-state index contributed by atoms with van der Waals surface area (Å²) in [4.78, 5) is 12.7. The summed E-state index contributed by atoms with van der Waals surface area (Å²) in [6, 6.07) is 17.3. The molecule has 2 N–H and O–H groups in total. The van der Waals surface area contributed by atoms with Gasteiger partial charge in [0.15, 0.2) is 0 Å². The molecule has 1 aromatic heterocycles. The Morgan fingerprint density at radius 2 is 1.83 bits per heavy atom. The highest BCUT2D eigenvalue weighted by Crippen LogP contribution is 2.30. The van der Waals surface area contributed by atoms with Crippen LogP contribution < -0.4 is 11.0 Å². The Hall–Kier alpha value is -3.08. The molecule has 0 amide bonds. The minimum atomic E-state index is -0.236. The van der Waals surface area contributed by atoms with Crippen molar-refractivity contribution in [3.05, 3.63) is 76.1 Å². The Kier molecular flexibility index (Phi) is 3.34. The molecule has 1 aliphatic heterocycles. The average molecular weight is 319 g/mol. The van der Waals surface area contributed by atoms with E-state index in [9.17, 15) is 9.90 Å². The number of benzene rings is 2. The summed E-state index contributed by atoms with van der Waals surface area (Å²) in [6.45, 7) is 0. The number of aryl methyl sites for hydroxylation is 1.